The molecule has 0 aromatic carbocycles. The van der Waals surface area contributed by atoms with E-state index in [1.165, 1.54) is 38.5 Å². The van der Waals surface area contributed by atoms with Crippen molar-refractivity contribution in [3.8, 4) is 0 Å². The van der Waals surface area contributed by atoms with Crippen molar-refractivity contribution in [2.24, 2.45) is 0 Å². The monoisotopic (exact) mass is 768 g/mol. The molecule has 0 fully saturated rings. The lowest BCUT2D eigenvalue weighted by Crippen LogP contribution is -2.45. The number of carbonyl (C=O) groups excluding carboxylic acids is 1. The van der Waals surface area contributed by atoms with Gasteiger partial charge in [-0.1, -0.05) is 185 Å². The number of rotatable bonds is 37. The Labute approximate surface area is 344 Å². The van der Waals surface area contributed by atoms with Crippen LogP contribution in [0.2, 0.25) is 0 Å². The summed E-state index contributed by atoms with van der Waals surface area (Å²) in [6.45, 7) is 4.11. The Morgan fingerprint density at radius 1 is 0.446 bits per heavy atom. The van der Waals surface area contributed by atoms with Gasteiger partial charge in [-0.3, -0.25) is 4.79 Å². The quantitative estimate of drug-likeness (QED) is 0.0435. The second-order valence-corrected chi connectivity index (χ2v) is 14.0. The number of hydrogen-bond acceptors (Lipinski definition) is 3. The molecule has 0 saturated heterocycles. The molecule has 56 heavy (non-hydrogen) atoms. The maximum absolute atomic E-state index is 12.4. The fourth-order valence-corrected chi connectivity index (χ4v) is 5.44. The van der Waals surface area contributed by atoms with Gasteiger partial charge in [0.1, 0.15) is 0 Å². The van der Waals surface area contributed by atoms with Crippen molar-refractivity contribution < 1.29 is 15.0 Å². The van der Waals surface area contributed by atoms with E-state index in [0.29, 0.717) is 6.42 Å². The Balaban J connectivity index is 3.85. The summed E-state index contributed by atoms with van der Waals surface area (Å²) in [5, 5.41) is 22.9. The predicted octanol–water partition coefficient (Wildman–Crippen LogP) is 14.1. The number of aliphatic hydroxyl groups is 2. The first-order chi connectivity index (χ1) is 27.7. The van der Waals surface area contributed by atoms with Crippen molar-refractivity contribution in [2.75, 3.05) is 6.61 Å². The average molecular weight is 768 g/mol. The van der Waals surface area contributed by atoms with Crippen LogP contribution >= 0.6 is 0 Å². The Morgan fingerprint density at radius 2 is 0.804 bits per heavy atom. The van der Waals surface area contributed by atoms with Crippen LogP contribution in [0.1, 0.15) is 155 Å². The summed E-state index contributed by atoms with van der Waals surface area (Å²) in [5.41, 5.74) is 0. The van der Waals surface area contributed by atoms with Gasteiger partial charge in [-0.2, -0.15) is 0 Å². The molecule has 2 atom stereocenters. The molecule has 0 aromatic rings. The van der Waals surface area contributed by atoms with Crippen LogP contribution in [0.25, 0.3) is 0 Å². The molecule has 0 heterocycles. The van der Waals surface area contributed by atoms with E-state index in [2.05, 4.69) is 153 Å². The summed E-state index contributed by atoms with van der Waals surface area (Å²) < 4.78 is 0. The molecule has 0 spiro atoms. The third-order valence-electron chi connectivity index (χ3n) is 8.78. The number of nitrogens with one attached hydrogen (secondary N) is 1. The summed E-state index contributed by atoms with van der Waals surface area (Å²) in [7, 11) is 0. The highest BCUT2D eigenvalue weighted by Crippen LogP contribution is 2.07. The molecule has 312 valence electrons. The first-order valence-electron chi connectivity index (χ1n) is 22.0. The van der Waals surface area contributed by atoms with Crippen LogP contribution in [-0.2, 0) is 4.79 Å². The van der Waals surface area contributed by atoms with Crippen LogP contribution in [0.3, 0.4) is 0 Å². The number of unbranched alkanes of at least 4 members (excludes halogenated alkanes) is 8. The molecule has 0 aliphatic carbocycles. The van der Waals surface area contributed by atoms with Gasteiger partial charge < -0.3 is 15.5 Å². The number of allylic oxidation sites excluding steroid dienone is 23. The van der Waals surface area contributed by atoms with Gasteiger partial charge in [0.2, 0.25) is 5.91 Å². The van der Waals surface area contributed by atoms with Crippen LogP contribution in [0.15, 0.2) is 146 Å². The van der Waals surface area contributed by atoms with Crippen LogP contribution < -0.4 is 5.32 Å². The van der Waals surface area contributed by atoms with E-state index in [1.54, 1.807) is 6.08 Å². The van der Waals surface area contributed by atoms with Crippen molar-refractivity contribution >= 4 is 5.91 Å². The molecule has 0 bridgehead atoms. The van der Waals surface area contributed by atoms with E-state index in [-0.39, 0.29) is 12.5 Å². The third kappa shape index (κ3) is 41.4. The summed E-state index contributed by atoms with van der Waals surface area (Å²) >= 11 is 0. The highest BCUT2D eigenvalue weighted by molar-refractivity contribution is 5.76. The molecule has 4 nitrogen and oxygen atoms in total. The van der Waals surface area contributed by atoms with Gasteiger partial charge in [0.15, 0.2) is 0 Å². The maximum atomic E-state index is 12.4. The number of hydrogen-bond donors (Lipinski definition) is 3. The van der Waals surface area contributed by atoms with E-state index in [1.807, 2.05) is 6.08 Å². The minimum atomic E-state index is -0.904. The topological polar surface area (TPSA) is 69.6 Å². The first kappa shape index (κ1) is 52.3. The molecule has 0 saturated carbocycles. The van der Waals surface area contributed by atoms with Crippen LogP contribution in [0.4, 0.5) is 0 Å². The first-order valence-corrected chi connectivity index (χ1v) is 22.0. The molecule has 0 aromatic heterocycles. The third-order valence-corrected chi connectivity index (χ3v) is 8.78. The van der Waals surface area contributed by atoms with Gasteiger partial charge in [0.05, 0.1) is 18.8 Å². The van der Waals surface area contributed by atoms with Crippen LogP contribution in [0.5, 0.6) is 0 Å². The Hall–Kier alpha value is -3.73. The SMILES string of the molecule is CC/C=C\C/C=C\C/C=C\C/C=C\C/C=C\C/C=C\C/C=C\C/C=C\C/C=C\CCCC(=O)NC(CO)C(O)/C=C/CC/C=C/CC/C=C/CCCCCCC. The largest absolute Gasteiger partial charge is 0.394 e. The normalized spacial score (nSPS) is 14.4. The predicted molar refractivity (Wildman–Crippen MR) is 248 cm³/mol. The van der Waals surface area contributed by atoms with Crippen LogP contribution in [0, 0.1) is 0 Å². The van der Waals surface area contributed by atoms with Crippen LogP contribution in [-0.4, -0.2) is 34.9 Å². The molecular weight excluding hydrogens is 687 g/mol. The van der Waals surface area contributed by atoms with E-state index < -0.39 is 12.1 Å². The van der Waals surface area contributed by atoms with E-state index in [9.17, 15) is 15.0 Å². The zero-order valence-electron chi connectivity index (χ0n) is 35.6. The summed E-state index contributed by atoms with van der Waals surface area (Å²) in [4.78, 5) is 12.4. The zero-order valence-corrected chi connectivity index (χ0v) is 35.6. The smallest absolute Gasteiger partial charge is 0.220 e. The van der Waals surface area contributed by atoms with E-state index in [4.69, 9.17) is 0 Å². The molecule has 3 N–H and O–H groups in total. The fourth-order valence-electron chi connectivity index (χ4n) is 5.44. The maximum Gasteiger partial charge on any atom is 0.220 e. The molecule has 4 heteroatoms. The number of carbonyl (C=O) groups is 1. The lowest BCUT2D eigenvalue weighted by atomic mass is 10.1. The van der Waals surface area contributed by atoms with Gasteiger partial charge >= 0.3 is 0 Å². The zero-order chi connectivity index (χ0) is 40.7. The standard InChI is InChI=1S/C52H81NO3/c1-3-5-7-9-11-13-15-17-19-20-21-22-23-24-25-26-27-28-29-30-31-32-34-36-38-40-42-44-46-48-52(56)53-50(49-54)51(55)47-45-43-41-39-37-35-33-18-16-14-12-10-8-6-4-2/h5,7,11,13,16-19,21-22,24-25,27-28,30-31,34,36-37,39-40,42,45,47,50-51,54-55H,3-4,6,8-10,12,14-15,20,23,26,29,32-33,35,38,41,43-44,46,48-49H2,1-2H3,(H,53,56)/b7-5-,13-11-,18-16+,19-17-,22-21-,25-24-,28-27-,31-30-,36-34-,39-37+,42-40-,47-45+. The van der Waals surface area contributed by atoms with Gasteiger partial charge in [-0.25, -0.2) is 0 Å². The Kier molecular flexibility index (Phi) is 42.6. The lowest BCUT2D eigenvalue weighted by Gasteiger charge is -2.19. The highest BCUT2D eigenvalue weighted by atomic mass is 16.3. The van der Waals surface area contributed by atoms with Gasteiger partial charge in [-0.15, -0.1) is 0 Å². The molecule has 0 aliphatic heterocycles. The Morgan fingerprint density at radius 3 is 1.23 bits per heavy atom. The summed E-state index contributed by atoms with van der Waals surface area (Å²) in [5.74, 6) is -0.144. The van der Waals surface area contributed by atoms with Gasteiger partial charge in [-0.05, 0) is 109 Å². The summed E-state index contributed by atoms with van der Waals surface area (Å²) in [6, 6.07) is -0.687. The molecule has 0 aliphatic rings. The van der Waals surface area contributed by atoms with E-state index in [0.717, 1.165) is 96.3 Å². The van der Waals surface area contributed by atoms with E-state index >= 15 is 0 Å². The lowest BCUT2D eigenvalue weighted by molar-refractivity contribution is -0.122. The molecule has 1 amide bonds. The van der Waals surface area contributed by atoms with Gasteiger partial charge in [0.25, 0.3) is 0 Å². The molecule has 2 unspecified atom stereocenters. The average Bonchev–Trinajstić information content (AvgIpc) is 3.20. The van der Waals surface area contributed by atoms with Crippen molar-refractivity contribution in [2.45, 2.75) is 167 Å². The molecular formula is C52H81NO3. The number of aliphatic hydroxyl groups excluding tert-OH is 2. The van der Waals surface area contributed by atoms with Crippen molar-refractivity contribution in [1.82, 2.24) is 5.32 Å². The Bertz CT molecular complexity index is 1240. The van der Waals surface area contributed by atoms with Crippen molar-refractivity contribution in [3.63, 3.8) is 0 Å². The molecule has 0 radical (unpaired) electrons. The highest BCUT2D eigenvalue weighted by Gasteiger charge is 2.17. The minimum Gasteiger partial charge on any atom is -0.394 e. The van der Waals surface area contributed by atoms with Crippen molar-refractivity contribution in [3.05, 3.63) is 146 Å². The van der Waals surface area contributed by atoms with Crippen molar-refractivity contribution in [1.29, 1.82) is 0 Å². The minimum absolute atomic E-state index is 0.144. The fraction of sp³-hybridized carbons (Fsp3) is 0.519. The van der Waals surface area contributed by atoms with Gasteiger partial charge in [0, 0.05) is 6.42 Å². The number of amides is 1. The second-order valence-electron chi connectivity index (χ2n) is 14.0. The second kappa shape index (κ2) is 45.7. The molecule has 0 rings (SSSR count). The summed E-state index contributed by atoms with van der Waals surface area (Å²) in [6.07, 6.45) is 73.8.